The molecule has 3 aromatic rings. The summed E-state index contributed by atoms with van der Waals surface area (Å²) in [6.45, 7) is 5.26. The zero-order valence-corrected chi connectivity index (χ0v) is 24.8. The van der Waals surface area contributed by atoms with E-state index < -0.39 is 34.3 Å². The largest absolute Gasteiger partial charge is 0.354 e. The lowest BCUT2D eigenvalue weighted by Gasteiger charge is -2.33. The normalized spacial score (nSPS) is 12.2. The molecule has 0 radical (unpaired) electrons. The first-order chi connectivity index (χ1) is 18.9. The van der Waals surface area contributed by atoms with E-state index in [0.717, 1.165) is 16.4 Å². The predicted molar refractivity (Wildman–Crippen MR) is 156 cm³/mol. The maximum atomic E-state index is 14.0. The van der Waals surface area contributed by atoms with Crippen molar-refractivity contribution in [1.29, 1.82) is 0 Å². The molecule has 1 N–H and O–H groups in total. The molecule has 0 unspecified atom stereocenters. The van der Waals surface area contributed by atoms with Crippen LogP contribution in [0.1, 0.15) is 32.8 Å². The van der Waals surface area contributed by atoms with E-state index in [4.69, 9.17) is 23.2 Å². The van der Waals surface area contributed by atoms with Gasteiger partial charge >= 0.3 is 0 Å². The molecule has 0 aliphatic carbocycles. The number of anilines is 1. The number of carbonyl (C=O) groups is 2. The first kappa shape index (κ1) is 31.4. The van der Waals surface area contributed by atoms with Gasteiger partial charge in [-0.3, -0.25) is 13.9 Å². The molecule has 1 atom stereocenters. The van der Waals surface area contributed by atoms with Gasteiger partial charge in [-0.15, -0.1) is 0 Å². The fourth-order valence-electron chi connectivity index (χ4n) is 4.05. The summed E-state index contributed by atoms with van der Waals surface area (Å²) in [5, 5.41) is 3.46. The lowest BCUT2D eigenvalue weighted by molar-refractivity contribution is -0.140. The van der Waals surface area contributed by atoms with Crippen molar-refractivity contribution < 1.29 is 22.4 Å². The molecule has 3 rings (SSSR count). The second-order valence-corrected chi connectivity index (χ2v) is 12.3. The Balaban J connectivity index is 2.07. The molecule has 0 aromatic heterocycles. The Morgan fingerprint density at radius 1 is 0.925 bits per heavy atom. The van der Waals surface area contributed by atoms with E-state index in [9.17, 15) is 22.4 Å². The molecular formula is C29H32Cl2FN3O4S. The maximum absolute atomic E-state index is 14.0. The van der Waals surface area contributed by atoms with Crippen molar-refractivity contribution in [1.82, 2.24) is 10.2 Å². The summed E-state index contributed by atoms with van der Waals surface area (Å²) in [4.78, 5) is 28.5. The molecule has 7 nitrogen and oxygen atoms in total. The van der Waals surface area contributed by atoms with Gasteiger partial charge in [0, 0.05) is 28.7 Å². The van der Waals surface area contributed by atoms with Crippen LogP contribution in [0.25, 0.3) is 0 Å². The molecule has 0 bridgehead atoms. The van der Waals surface area contributed by atoms with Crippen molar-refractivity contribution >= 4 is 50.7 Å². The average molecular weight is 609 g/mol. The van der Waals surface area contributed by atoms with Crippen LogP contribution in [0.2, 0.25) is 10.0 Å². The first-order valence-electron chi connectivity index (χ1n) is 12.8. The standard InChI is InChI=1S/C29H32Cl2FN3O4S/c1-4-27(29(37)33-17-20(2)3)34(18-24-25(30)11-8-12-26(24)31)28(36)19-35(22-15-13-21(32)14-16-22)40(38,39)23-9-6-5-7-10-23/h5-16,20,27H,4,17-19H2,1-3H3,(H,33,37)/t27-/m1/s1. The van der Waals surface area contributed by atoms with Gasteiger partial charge in [0.1, 0.15) is 18.4 Å². The van der Waals surface area contributed by atoms with E-state index in [1.165, 1.54) is 29.2 Å². The zero-order valence-electron chi connectivity index (χ0n) is 22.5. The number of nitrogens with one attached hydrogen (secondary N) is 1. The number of hydrogen-bond donors (Lipinski definition) is 1. The molecule has 11 heteroatoms. The highest BCUT2D eigenvalue weighted by atomic mass is 35.5. The number of amides is 2. The Morgan fingerprint density at radius 2 is 1.52 bits per heavy atom. The Hall–Kier alpha value is -3.14. The van der Waals surface area contributed by atoms with Gasteiger partial charge in [0.15, 0.2) is 0 Å². The van der Waals surface area contributed by atoms with Gasteiger partial charge in [-0.05, 0) is 60.9 Å². The van der Waals surface area contributed by atoms with Crippen LogP contribution in [0.4, 0.5) is 10.1 Å². The summed E-state index contributed by atoms with van der Waals surface area (Å²) in [5.41, 5.74) is 0.514. The van der Waals surface area contributed by atoms with Crippen LogP contribution >= 0.6 is 23.2 Å². The third kappa shape index (κ3) is 7.74. The van der Waals surface area contributed by atoms with Crippen molar-refractivity contribution in [3.05, 3.63) is 94.2 Å². The van der Waals surface area contributed by atoms with Crippen molar-refractivity contribution in [3.8, 4) is 0 Å². The highest BCUT2D eigenvalue weighted by Gasteiger charge is 2.34. The molecule has 0 saturated heterocycles. The second kappa shape index (κ2) is 14.0. The van der Waals surface area contributed by atoms with Gasteiger partial charge in [0.25, 0.3) is 10.0 Å². The number of sulfonamides is 1. The number of halogens is 3. The summed E-state index contributed by atoms with van der Waals surface area (Å²) in [7, 11) is -4.25. The molecule has 0 fully saturated rings. The van der Waals surface area contributed by atoms with E-state index in [1.54, 1.807) is 43.3 Å². The van der Waals surface area contributed by atoms with Crippen molar-refractivity contribution in [3.63, 3.8) is 0 Å². The van der Waals surface area contributed by atoms with Crippen LogP contribution in [0, 0.1) is 11.7 Å². The van der Waals surface area contributed by atoms with Crippen LogP contribution in [-0.2, 0) is 26.2 Å². The highest BCUT2D eigenvalue weighted by molar-refractivity contribution is 7.92. The van der Waals surface area contributed by atoms with Gasteiger partial charge in [-0.25, -0.2) is 12.8 Å². The van der Waals surface area contributed by atoms with Gasteiger partial charge < -0.3 is 10.2 Å². The molecule has 0 aliphatic heterocycles. The minimum absolute atomic E-state index is 0.0467. The molecule has 0 saturated carbocycles. The third-order valence-corrected chi connectivity index (χ3v) is 8.68. The van der Waals surface area contributed by atoms with E-state index >= 15 is 0 Å². The number of carbonyl (C=O) groups excluding carboxylic acids is 2. The highest BCUT2D eigenvalue weighted by Crippen LogP contribution is 2.29. The van der Waals surface area contributed by atoms with Gasteiger partial charge in [0.2, 0.25) is 11.8 Å². The molecule has 2 amide bonds. The molecule has 0 heterocycles. The van der Waals surface area contributed by atoms with Crippen LogP contribution < -0.4 is 9.62 Å². The SMILES string of the molecule is CC[C@H](C(=O)NCC(C)C)N(Cc1c(Cl)cccc1Cl)C(=O)CN(c1ccc(F)cc1)S(=O)(=O)c1ccccc1. The number of nitrogens with zero attached hydrogens (tertiary/aromatic N) is 2. The molecular weight excluding hydrogens is 576 g/mol. The van der Waals surface area contributed by atoms with Crippen LogP contribution in [0.3, 0.4) is 0 Å². The van der Waals surface area contributed by atoms with Crippen molar-refractivity contribution in [2.45, 2.75) is 44.7 Å². The number of benzene rings is 3. The quantitative estimate of drug-likeness (QED) is 0.277. The predicted octanol–water partition coefficient (Wildman–Crippen LogP) is 5.91. The Labute approximate surface area is 244 Å². The van der Waals surface area contributed by atoms with Crippen LogP contribution in [0.5, 0.6) is 0 Å². The molecule has 0 aliphatic rings. The fourth-order valence-corrected chi connectivity index (χ4v) is 6.00. The Kier molecular flexibility index (Phi) is 11.0. The van der Waals surface area contributed by atoms with Gasteiger partial charge in [-0.1, -0.05) is 68.2 Å². The maximum Gasteiger partial charge on any atom is 0.264 e. The fraction of sp³-hybridized carbons (Fsp3) is 0.310. The second-order valence-electron chi connectivity index (χ2n) is 9.59. The Morgan fingerprint density at radius 3 is 2.08 bits per heavy atom. The van der Waals surface area contributed by atoms with E-state index in [1.807, 2.05) is 13.8 Å². The average Bonchev–Trinajstić information content (AvgIpc) is 2.92. The third-order valence-electron chi connectivity index (χ3n) is 6.19. The van der Waals surface area contributed by atoms with E-state index in [2.05, 4.69) is 5.32 Å². The van der Waals surface area contributed by atoms with Crippen molar-refractivity contribution in [2.75, 3.05) is 17.4 Å². The van der Waals surface area contributed by atoms with E-state index in [-0.39, 0.29) is 35.4 Å². The number of rotatable bonds is 12. The minimum atomic E-state index is -4.25. The van der Waals surface area contributed by atoms with Gasteiger partial charge in [0.05, 0.1) is 10.6 Å². The van der Waals surface area contributed by atoms with Crippen molar-refractivity contribution in [2.24, 2.45) is 5.92 Å². The van der Waals surface area contributed by atoms with Crippen LogP contribution in [-0.4, -0.2) is 44.3 Å². The summed E-state index contributed by atoms with van der Waals surface area (Å²) in [6.07, 6.45) is 0.250. The minimum Gasteiger partial charge on any atom is -0.354 e. The number of hydrogen-bond acceptors (Lipinski definition) is 4. The molecule has 0 spiro atoms. The lowest BCUT2D eigenvalue weighted by atomic mass is 10.1. The summed E-state index contributed by atoms with van der Waals surface area (Å²) in [5.74, 6) is -1.43. The Bertz CT molecular complexity index is 1400. The zero-order chi connectivity index (χ0) is 29.4. The first-order valence-corrected chi connectivity index (χ1v) is 15.0. The smallest absolute Gasteiger partial charge is 0.264 e. The monoisotopic (exact) mass is 607 g/mol. The molecule has 3 aromatic carbocycles. The van der Waals surface area contributed by atoms with Gasteiger partial charge in [-0.2, -0.15) is 0 Å². The summed E-state index contributed by atoms with van der Waals surface area (Å²) < 4.78 is 42.1. The van der Waals surface area contributed by atoms with Crippen LogP contribution in [0.15, 0.2) is 77.7 Å². The molecule has 40 heavy (non-hydrogen) atoms. The topological polar surface area (TPSA) is 86.8 Å². The summed E-state index contributed by atoms with van der Waals surface area (Å²) >= 11 is 12.8. The van der Waals surface area contributed by atoms with E-state index in [0.29, 0.717) is 22.2 Å². The summed E-state index contributed by atoms with van der Waals surface area (Å²) in [6, 6.07) is 16.4. The molecule has 214 valence electrons. The lowest BCUT2D eigenvalue weighted by Crippen LogP contribution is -2.52.